The average Bonchev–Trinajstić information content (AvgIpc) is 1.85. The first kappa shape index (κ1) is 8.02. The van der Waals surface area contributed by atoms with Crippen molar-refractivity contribution in [3.63, 3.8) is 0 Å². The molecule has 0 saturated carbocycles. The molecule has 7 heteroatoms. The number of carbonyl (C=O) groups excluding carboxylic acids is 1. The molecule has 0 radical (unpaired) electrons. The molecule has 1 rings (SSSR count). The molecule has 11 heavy (non-hydrogen) atoms. The minimum absolute atomic E-state index is 0.161. The Bertz CT molecular complexity index is 294. The molecular weight excluding hydrogens is 170 g/mol. The molecule has 1 aliphatic rings. The summed E-state index contributed by atoms with van der Waals surface area (Å²) in [5.41, 5.74) is 4.81. The third-order valence-corrected chi connectivity index (χ3v) is 2.09. The number of rotatable bonds is 0. The van der Waals surface area contributed by atoms with Crippen LogP contribution in [0.3, 0.4) is 0 Å². The smallest absolute Gasteiger partial charge is 0.330 e. The molecule has 0 spiro atoms. The van der Waals surface area contributed by atoms with Crippen molar-refractivity contribution in [3.05, 3.63) is 11.5 Å². The summed E-state index contributed by atoms with van der Waals surface area (Å²) in [7, 11) is -3.48. The Kier molecular flexibility index (Phi) is 1.83. The zero-order valence-electron chi connectivity index (χ0n) is 5.52. The van der Waals surface area contributed by atoms with Gasteiger partial charge in [0, 0.05) is 5.41 Å². The van der Waals surface area contributed by atoms with Crippen molar-refractivity contribution in [3.8, 4) is 0 Å². The van der Waals surface area contributed by atoms with Crippen LogP contribution in [0.25, 0.3) is 0 Å². The van der Waals surface area contributed by atoms with Gasteiger partial charge in [-0.3, -0.25) is 0 Å². The van der Waals surface area contributed by atoms with E-state index in [2.05, 4.69) is 0 Å². The number of nitrogens with zero attached hydrogens (tertiary/aromatic N) is 1. The Morgan fingerprint density at radius 3 is 2.64 bits per heavy atom. The first-order valence-electron chi connectivity index (χ1n) is 2.77. The molecule has 0 atom stereocenters. The van der Waals surface area contributed by atoms with Crippen molar-refractivity contribution in [2.24, 2.45) is 5.73 Å². The van der Waals surface area contributed by atoms with Crippen LogP contribution in [-0.4, -0.2) is 26.0 Å². The molecule has 0 aliphatic carbocycles. The van der Waals surface area contributed by atoms with E-state index in [9.17, 15) is 13.2 Å². The van der Waals surface area contributed by atoms with Crippen LogP contribution in [0, 0.1) is 0 Å². The van der Waals surface area contributed by atoms with Crippen molar-refractivity contribution < 1.29 is 13.2 Å². The second-order valence-electron chi connectivity index (χ2n) is 1.96. The Morgan fingerprint density at radius 2 is 2.27 bits per heavy atom. The van der Waals surface area contributed by atoms with Crippen molar-refractivity contribution >= 4 is 16.1 Å². The average molecular weight is 177 g/mol. The van der Waals surface area contributed by atoms with Crippen molar-refractivity contribution in [2.75, 3.05) is 6.54 Å². The van der Waals surface area contributed by atoms with E-state index in [1.54, 1.807) is 0 Å². The number of primary amides is 1. The van der Waals surface area contributed by atoms with Crippen LogP contribution < -0.4 is 10.6 Å². The fourth-order valence-electron chi connectivity index (χ4n) is 0.631. The molecule has 0 unspecified atom stereocenters. The molecule has 62 valence electrons. The number of carbonyl (C=O) groups is 1. The van der Waals surface area contributed by atoms with Gasteiger partial charge in [0.1, 0.15) is 0 Å². The lowest BCUT2D eigenvalue weighted by molar-refractivity contribution is 0.204. The molecule has 0 saturated heterocycles. The second-order valence-corrected chi connectivity index (χ2v) is 3.50. The SMILES string of the molecule is NC(=O)N1CC=CS(=O)(=O)N1. The molecule has 3 N–H and O–H groups in total. The van der Waals surface area contributed by atoms with Crippen molar-refractivity contribution in [1.29, 1.82) is 0 Å². The third kappa shape index (κ3) is 1.92. The monoisotopic (exact) mass is 177 g/mol. The molecule has 1 aliphatic heterocycles. The number of nitrogens with two attached hydrogens (primary N) is 1. The summed E-state index contributed by atoms with van der Waals surface area (Å²) in [6, 6.07) is -0.821. The zero-order valence-corrected chi connectivity index (χ0v) is 6.34. The maximum Gasteiger partial charge on any atom is 0.330 e. The minimum Gasteiger partial charge on any atom is -0.350 e. The number of urea groups is 1. The largest absolute Gasteiger partial charge is 0.350 e. The molecule has 2 amide bonds. The summed E-state index contributed by atoms with van der Waals surface area (Å²) in [4.78, 5) is 12.4. The van der Waals surface area contributed by atoms with Gasteiger partial charge in [-0.05, 0) is 0 Å². The highest BCUT2D eigenvalue weighted by molar-refractivity contribution is 7.92. The van der Waals surface area contributed by atoms with Gasteiger partial charge in [0.2, 0.25) is 0 Å². The fourth-order valence-corrected chi connectivity index (χ4v) is 1.50. The maximum absolute atomic E-state index is 10.7. The number of nitrogens with one attached hydrogen (secondary N) is 1. The topological polar surface area (TPSA) is 92.5 Å². The third-order valence-electron chi connectivity index (χ3n) is 1.07. The number of sulfonamides is 1. The lowest BCUT2D eigenvalue weighted by atomic mass is 10.6. The van der Waals surface area contributed by atoms with Gasteiger partial charge in [0.05, 0.1) is 6.54 Å². The predicted molar refractivity (Wildman–Crippen MR) is 37.5 cm³/mol. The van der Waals surface area contributed by atoms with Gasteiger partial charge in [-0.25, -0.2) is 18.2 Å². The summed E-state index contributed by atoms with van der Waals surface area (Å²) in [5, 5.41) is 1.78. The van der Waals surface area contributed by atoms with E-state index >= 15 is 0 Å². The van der Waals surface area contributed by atoms with Gasteiger partial charge < -0.3 is 5.73 Å². The van der Waals surface area contributed by atoms with E-state index < -0.39 is 16.1 Å². The first-order chi connectivity index (χ1) is 5.01. The van der Waals surface area contributed by atoms with Crippen LogP contribution in [0.4, 0.5) is 4.79 Å². The van der Waals surface area contributed by atoms with Gasteiger partial charge in [-0.15, -0.1) is 4.83 Å². The Hall–Kier alpha value is -1.08. The fraction of sp³-hybridized carbons (Fsp3) is 0.250. The normalized spacial score (nSPS) is 21.6. The van der Waals surface area contributed by atoms with Crippen LogP contribution in [0.1, 0.15) is 0 Å². The van der Waals surface area contributed by atoms with Gasteiger partial charge in [-0.1, -0.05) is 6.08 Å². The highest BCUT2D eigenvalue weighted by Crippen LogP contribution is 1.97. The standard InChI is InChI=1S/C4H7N3O3S/c5-4(8)7-2-1-3-11(9,10)6-7/h1,3,6H,2H2,(H2,5,8). The summed E-state index contributed by atoms with van der Waals surface area (Å²) in [5.74, 6) is 0. The number of amides is 2. The lowest BCUT2D eigenvalue weighted by Gasteiger charge is -2.20. The minimum atomic E-state index is -3.48. The van der Waals surface area contributed by atoms with E-state index in [1.807, 2.05) is 4.83 Å². The summed E-state index contributed by atoms with van der Waals surface area (Å²) >= 11 is 0. The molecule has 0 aromatic heterocycles. The Balaban J connectivity index is 2.83. The second kappa shape index (κ2) is 2.51. The highest BCUT2D eigenvalue weighted by atomic mass is 32.2. The van der Waals surface area contributed by atoms with Crippen LogP contribution in [-0.2, 0) is 10.0 Å². The molecule has 0 bridgehead atoms. The molecule has 0 fully saturated rings. The van der Waals surface area contributed by atoms with Crippen LogP contribution in [0.15, 0.2) is 11.5 Å². The van der Waals surface area contributed by atoms with Gasteiger partial charge in [0.25, 0.3) is 10.0 Å². The van der Waals surface area contributed by atoms with E-state index in [0.717, 1.165) is 10.4 Å². The number of hydrogen-bond donors (Lipinski definition) is 2. The molecule has 0 aromatic rings. The van der Waals surface area contributed by atoms with E-state index in [-0.39, 0.29) is 6.54 Å². The maximum atomic E-state index is 10.7. The van der Waals surface area contributed by atoms with Crippen LogP contribution in [0.2, 0.25) is 0 Å². The highest BCUT2D eigenvalue weighted by Gasteiger charge is 2.18. The summed E-state index contributed by atoms with van der Waals surface area (Å²) in [6.45, 7) is 0.161. The quantitative estimate of drug-likeness (QED) is 0.483. The molecule has 0 aromatic carbocycles. The number of hydrazine groups is 1. The first-order valence-corrected chi connectivity index (χ1v) is 4.32. The van der Waals surface area contributed by atoms with Gasteiger partial charge in [0.15, 0.2) is 0 Å². The van der Waals surface area contributed by atoms with E-state index in [0.29, 0.717) is 0 Å². The Labute approximate surface area is 63.7 Å². The van der Waals surface area contributed by atoms with Gasteiger partial charge in [-0.2, -0.15) is 0 Å². The lowest BCUT2D eigenvalue weighted by Crippen LogP contribution is -2.49. The molecule has 1 heterocycles. The predicted octanol–water partition coefficient (Wildman–Crippen LogP) is -1.27. The number of hydrogen-bond acceptors (Lipinski definition) is 3. The molecule has 6 nitrogen and oxygen atoms in total. The summed E-state index contributed by atoms with van der Waals surface area (Å²) in [6.07, 6.45) is 1.33. The van der Waals surface area contributed by atoms with Crippen molar-refractivity contribution in [1.82, 2.24) is 9.84 Å². The van der Waals surface area contributed by atoms with Crippen molar-refractivity contribution in [2.45, 2.75) is 0 Å². The van der Waals surface area contributed by atoms with Gasteiger partial charge >= 0.3 is 6.03 Å². The Morgan fingerprint density at radius 1 is 1.64 bits per heavy atom. The summed E-state index contributed by atoms with van der Waals surface area (Å²) < 4.78 is 21.4. The zero-order chi connectivity index (χ0) is 8.48. The van der Waals surface area contributed by atoms with E-state index in [1.165, 1.54) is 6.08 Å². The molecular formula is C4H7N3O3S. The van der Waals surface area contributed by atoms with E-state index in [4.69, 9.17) is 5.73 Å². The van der Waals surface area contributed by atoms with Crippen LogP contribution >= 0.6 is 0 Å². The van der Waals surface area contributed by atoms with Crippen LogP contribution in [0.5, 0.6) is 0 Å².